The van der Waals surface area contributed by atoms with Gasteiger partial charge in [0.05, 0.1) is 30.0 Å². The molecular weight excluding hydrogens is 390 g/mol. The molecule has 0 saturated carbocycles. The number of rotatable bonds is 10. The number of hydrogen-bond donors (Lipinski definition) is 2. The van der Waals surface area contributed by atoms with Crippen LogP contribution in [0.5, 0.6) is 0 Å². The normalized spacial score (nSPS) is 11.5. The van der Waals surface area contributed by atoms with E-state index in [0.717, 1.165) is 10.7 Å². The Kier molecular flexibility index (Phi) is 7.84. The molecule has 0 spiro atoms. The van der Waals surface area contributed by atoms with Crippen LogP contribution in [0.25, 0.3) is 0 Å². The predicted octanol–water partition coefficient (Wildman–Crippen LogP) is 1.51. The molecule has 27 heavy (non-hydrogen) atoms. The lowest BCUT2D eigenvalue weighted by atomic mass is 10.2. The first kappa shape index (κ1) is 21.4. The number of ether oxygens (including phenoxy) is 1. The average molecular weight is 414 g/mol. The van der Waals surface area contributed by atoms with E-state index in [9.17, 15) is 18.3 Å². The Bertz CT molecular complexity index is 863. The summed E-state index contributed by atoms with van der Waals surface area (Å²) in [7, 11) is -3.73. The Balaban J connectivity index is 2.03. The summed E-state index contributed by atoms with van der Waals surface area (Å²) in [5, 5.41) is 15.4. The molecule has 0 aliphatic carbocycles. The number of carbonyl (C=O) groups is 1. The molecule has 2 rings (SSSR count). The summed E-state index contributed by atoms with van der Waals surface area (Å²) in [6.45, 7) is 2.42. The maximum atomic E-state index is 11.4. The number of hydrogen-bond acceptors (Lipinski definition) is 7. The van der Waals surface area contributed by atoms with Gasteiger partial charge in [0.2, 0.25) is 10.0 Å². The molecule has 1 heterocycles. The second kappa shape index (κ2) is 9.88. The van der Waals surface area contributed by atoms with Gasteiger partial charge in [-0.25, -0.2) is 18.5 Å². The molecule has 148 valence electrons. The number of imidazole rings is 1. The zero-order valence-electron chi connectivity index (χ0n) is 15.0. The van der Waals surface area contributed by atoms with Gasteiger partial charge in [0.1, 0.15) is 0 Å². The summed E-state index contributed by atoms with van der Waals surface area (Å²) < 4.78 is 29.4. The van der Waals surface area contributed by atoms with Gasteiger partial charge in [0.15, 0.2) is 5.16 Å². The van der Waals surface area contributed by atoms with Gasteiger partial charge in [0, 0.05) is 18.7 Å². The standard InChI is InChI=1S/C17H23N3O5S2/c1-2-25-16(22)4-3-9-26-17-19-10-14(12-21)20(17)11-13-5-7-15(8-6-13)27(18,23)24/h5-8,10,21H,2-4,9,11-12H2,1H3,(H2,18,23,24). The predicted molar refractivity (Wildman–Crippen MR) is 102 cm³/mol. The van der Waals surface area contributed by atoms with Crippen LogP contribution in [0.3, 0.4) is 0 Å². The first-order valence-corrected chi connectivity index (χ1v) is 10.9. The molecular formula is C17H23N3O5S2. The van der Waals surface area contributed by atoms with Crippen molar-refractivity contribution in [3.05, 3.63) is 41.7 Å². The molecule has 0 aliphatic rings. The fourth-order valence-corrected chi connectivity index (χ4v) is 3.83. The molecule has 0 unspecified atom stereocenters. The number of sulfonamides is 1. The molecule has 0 radical (unpaired) electrons. The highest BCUT2D eigenvalue weighted by Gasteiger charge is 2.12. The van der Waals surface area contributed by atoms with E-state index >= 15 is 0 Å². The third kappa shape index (κ3) is 6.35. The average Bonchev–Trinajstić information content (AvgIpc) is 3.00. The van der Waals surface area contributed by atoms with Crippen LogP contribution in [0.15, 0.2) is 40.5 Å². The van der Waals surface area contributed by atoms with Gasteiger partial charge in [-0.3, -0.25) is 4.79 Å². The lowest BCUT2D eigenvalue weighted by molar-refractivity contribution is -0.143. The fraction of sp³-hybridized carbons (Fsp3) is 0.412. The van der Waals surface area contributed by atoms with Crippen LogP contribution in [0.2, 0.25) is 0 Å². The Morgan fingerprint density at radius 2 is 2.04 bits per heavy atom. The Morgan fingerprint density at radius 3 is 2.63 bits per heavy atom. The molecule has 0 aliphatic heterocycles. The molecule has 10 heteroatoms. The minimum absolute atomic E-state index is 0.0489. The van der Waals surface area contributed by atoms with Gasteiger partial charge in [-0.15, -0.1) is 0 Å². The molecule has 0 fully saturated rings. The molecule has 0 amide bonds. The van der Waals surface area contributed by atoms with Gasteiger partial charge < -0.3 is 14.4 Å². The van der Waals surface area contributed by atoms with Crippen LogP contribution in [0.1, 0.15) is 31.0 Å². The molecule has 1 aromatic heterocycles. The second-order valence-corrected chi connectivity index (χ2v) is 8.35. The Hall–Kier alpha value is -1.88. The van der Waals surface area contributed by atoms with Crippen molar-refractivity contribution in [1.82, 2.24) is 9.55 Å². The number of nitrogens with two attached hydrogens (primary N) is 1. The highest BCUT2D eigenvalue weighted by atomic mass is 32.2. The summed E-state index contributed by atoms with van der Waals surface area (Å²) in [5.74, 6) is 0.470. The van der Waals surface area contributed by atoms with Crippen molar-refractivity contribution in [1.29, 1.82) is 0 Å². The number of aliphatic hydroxyl groups is 1. The summed E-state index contributed by atoms with van der Waals surface area (Å²) in [6.07, 6.45) is 2.61. The van der Waals surface area contributed by atoms with Gasteiger partial charge >= 0.3 is 5.97 Å². The number of aliphatic hydroxyl groups excluding tert-OH is 1. The van der Waals surface area contributed by atoms with Gasteiger partial charge in [-0.05, 0) is 31.0 Å². The maximum Gasteiger partial charge on any atom is 0.305 e. The summed E-state index contributed by atoms with van der Waals surface area (Å²) in [5.41, 5.74) is 1.50. The molecule has 2 aromatic rings. The van der Waals surface area contributed by atoms with E-state index in [1.54, 1.807) is 25.3 Å². The molecule has 3 N–H and O–H groups in total. The van der Waals surface area contributed by atoms with E-state index in [-0.39, 0.29) is 17.5 Å². The lowest BCUT2D eigenvalue weighted by Crippen LogP contribution is -2.12. The van der Waals surface area contributed by atoms with Crippen LogP contribution >= 0.6 is 11.8 Å². The number of nitrogens with zero attached hydrogens (tertiary/aromatic N) is 2. The third-order valence-corrected chi connectivity index (χ3v) is 5.72. The minimum Gasteiger partial charge on any atom is -0.466 e. The Labute approximate surface area is 162 Å². The van der Waals surface area contributed by atoms with Crippen LogP contribution < -0.4 is 5.14 Å². The van der Waals surface area contributed by atoms with E-state index < -0.39 is 10.0 Å². The maximum absolute atomic E-state index is 11.4. The largest absolute Gasteiger partial charge is 0.466 e. The van der Waals surface area contributed by atoms with Crippen LogP contribution in [0, 0.1) is 0 Å². The Morgan fingerprint density at radius 1 is 1.33 bits per heavy atom. The van der Waals surface area contributed by atoms with E-state index in [4.69, 9.17) is 9.88 Å². The number of primary sulfonamides is 1. The molecule has 0 bridgehead atoms. The van der Waals surface area contributed by atoms with Crippen LogP contribution in [-0.4, -0.2) is 41.4 Å². The first-order chi connectivity index (χ1) is 12.8. The van der Waals surface area contributed by atoms with Crippen molar-refractivity contribution in [3.8, 4) is 0 Å². The van der Waals surface area contributed by atoms with E-state index in [0.29, 0.717) is 37.4 Å². The van der Waals surface area contributed by atoms with Crippen LogP contribution in [0.4, 0.5) is 0 Å². The smallest absolute Gasteiger partial charge is 0.305 e. The van der Waals surface area contributed by atoms with Crippen molar-refractivity contribution in [2.75, 3.05) is 12.4 Å². The first-order valence-electron chi connectivity index (χ1n) is 8.40. The van der Waals surface area contributed by atoms with E-state index in [1.807, 2.05) is 4.57 Å². The molecule has 8 nitrogen and oxygen atoms in total. The number of carbonyl (C=O) groups excluding carboxylic acids is 1. The third-order valence-electron chi connectivity index (χ3n) is 3.72. The van der Waals surface area contributed by atoms with E-state index in [2.05, 4.69) is 4.98 Å². The topological polar surface area (TPSA) is 125 Å². The highest BCUT2D eigenvalue weighted by molar-refractivity contribution is 7.99. The highest BCUT2D eigenvalue weighted by Crippen LogP contribution is 2.22. The fourth-order valence-electron chi connectivity index (χ4n) is 2.38. The second-order valence-electron chi connectivity index (χ2n) is 5.72. The molecule has 0 saturated heterocycles. The summed E-state index contributed by atoms with van der Waals surface area (Å²) in [4.78, 5) is 15.7. The molecule has 1 aromatic carbocycles. The number of thioether (sulfide) groups is 1. The SMILES string of the molecule is CCOC(=O)CCCSc1ncc(CO)n1Cc1ccc(S(N)(=O)=O)cc1. The minimum atomic E-state index is -3.73. The zero-order chi connectivity index (χ0) is 19.9. The summed E-state index contributed by atoms with van der Waals surface area (Å²) >= 11 is 1.49. The van der Waals surface area contributed by atoms with Crippen LogP contribution in [-0.2, 0) is 32.7 Å². The monoisotopic (exact) mass is 413 g/mol. The van der Waals surface area contributed by atoms with Crippen molar-refractivity contribution >= 4 is 27.8 Å². The number of esters is 1. The van der Waals surface area contributed by atoms with E-state index in [1.165, 1.54) is 23.9 Å². The lowest BCUT2D eigenvalue weighted by Gasteiger charge is -2.11. The van der Waals surface area contributed by atoms with Crippen molar-refractivity contribution in [2.24, 2.45) is 5.14 Å². The van der Waals surface area contributed by atoms with Gasteiger partial charge in [-0.2, -0.15) is 0 Å². The van der Waals surface area contributed by atoms with Crippen molar-refractivity contribution in [3.63, 3.8) is 0 Å². The quantitative estimate of drug-likeness (QED) is 0.344. The van der Waals surface area contributed by atoms with Crippen molar-refractivity contribution in [2.45, 2.75) is 43.0 Å². The number of benzene rings is 1. The van der Waals surface area contributed by atoms with Gasteiger partial charge in [0.25, 0.3) is 0 Å². The number of aromatic nitrogens is 2. The zero-order valence-corrected chi connectivity index (χ0v) is 16.6. The van der Waals surface area contributed by atoms with Crippen molar-refractivity contribution < 1.29 is 23.1 Å². The molecule has 0 atom stereocenters. The summed E-state index contributed by atoms with van der Waals surface area (Å²) in [6, 6.07) is 6.25. The van der Waals surface area contributed by atoms with Gasteiger partial charge in [-0.1, -0.05) is 23.9 Å².